The van der Waals surface area contributed by atoms with Gasteiger partial charge >= 0.3 is 5.69 Å². The Labute approximate surface area is 134 Å². The third kappa shape index (κ3) is 4.83. The number of nitro benzene ring substituents is 1. The molecule has 0 aromatic heterocycles. The Hall–Kier alpha value is -1.37. The van der Waals surface area contributed by atoms with Gasteiger partial charge in [-0.25, -0.2) is 0 Å². The Bertz CT molecular complexity index is 518. The van der Waals surface area contributed by atoms with E-state index in [-0.39, 0.29) is 18.0 Å². The van der Waals surface area contributed by atoms with Gasteiger partial charge in [-0.3, -0.25) is 10.1 Å². The molecule has 1 unspecified atom stereocenters. The second-order valence-electron chi connectivity index (χ2n) is 5.82. The molecule has 0 amide bonds. The van der Waals surface area contributed by atoms with Crippen LogP contribution in [-0.4, -0.2) is 47.3 Å². The van der Waals surface area contributed by atoms with Gasteiger partial charge in [-0.1, -0.05) is 18.5 Å². The first-order chi connectivity index (χ1) is 10.5. The normalized spacial score (nSPS) is 18.1. The van der Waals surface area contributed by atoms with Crippen LogP contribution < -0.4 is 4.74 Å². The number of ether oxygens (including phenoxy) is 1. The van der Waals surface area contributed by atoms with E-state index in [2.05, 4.69) is 11.8 Å². The lowest BCUT2D eigenvalue weighted by atomic mass is 9.99. The number of β-amino-alcohol motifs (C(OH)–C–C–N with tert-alkyl or cyclic N) is 1. The molecule has 0 saturated carbocycles. The van der Waals surface area contributed by atoms with Crippen LogP contribution in [0.2, 0.25) is 5.02 Å². The van der Waals surface area contributed by atoms with Crippen molar-refractivity contribution in [3.63, 3.8) is 0 Å². The molecule has 1 aliphatic rings. The minimum absolute atomic E-state index is 0.00718. The molecule has 0 aliphatic carbocycles. The van der Waals surface area contributed by atoms with Crippen molar-refractivity contribution in [2.75, 3.05) is 26.2 Å². The van der Waals surface area contributed by atoms with Crippen LogP contribution >= 0.6 is 11.6 Å². The highest BCUT2D eigenvalue weighted by molar-refractivity contribution is 6.30. The summed E-state index contributed by atoms with van der Waals surface area (Å²) in [6.07, 6.45) is 1.58. The zero-order valence-corrected chi connectivity index (χ0v) is 13.3. The van der Waals surface area contributed by atoms with Gasteiger partial charge in [0.1, 0.15) is 12.7 Å². The second-order valence-corrected chi connectivity index (χ2v) is 6.25. The van der Waals surface area contributed by atoms with Crippen LogP contribution in [0.15, 0.2) is 18.2 Å². The number of nitro groups is 1. The lowest BCUT2D eigenvalue weighted by Crippen LogP contribution is -2.40. The van der Waals surface area contributed by atoms with E-state index < -0.39 is 11.0 Å². The molecule has 22 heavy (non-hydrogen) atoms. The molecule has 1 heterocycles. The van der Waals surface area contributed by atoms with E-state index in [9.17, 15) is 15.2 Å². The lowest BCUT2D eigenvalue weighted by Gasteiger charge is -2.31. The summed E-state index contributed by atoms with van der Waals surface area (Å²) in [4.78, 5) is 12.6. The van der Waals surface area contributed by atoms with E-state index in [1.54, 1.807) is 0 Å². The summed E-state index contributed by atoms with van der Waals surface area (Å²) in [7, 11) is 0. The van der Waals surface area contributed by atoms with Gasteiger partial charge in [0.05, 0.1) is 4.92 Å². The number of aliphatic hydroxyl groups excluding tert-OH is 1. The van der Waals surface area contributed by atoms with Crippen molar-refractivity contribution in [2.24, 2.45) is 5.92 Å². The van der Waals surface area contributed by atoms with Crippen molar-refractivity contribution in [1.82, 2.24) is 4.90 Å². The molecular weight excluding hydrogens is 308 g/mol. The number of piperidine rings is 1. The molecule has 1 aromatic rings. The molecule has 6 nitrogen and oxygen atoms in total. The molecule has 1 fully saturated rings. The van der Waals surface area contributed by atoms with Gasteiger partial charge in [-0.2, -0.15) is 0 Å². The SMILES string of the molecule is CC1CCN(CC(O)COc2cc(Cl)ccc2[N+](=O)[O-])CC1. The summed E-state index contributed by atoms with van der Waals surface area (Å²) >= 11 is 5.83. The van der Waals surface area contributed by atoms with Crippen LogP contribution in [0.25, 0.3) is 0 Å². The molecule has 0 bridgehead atoms. The first kappa shape index (κ1) is 17.0. The number of benzene rings is 1. The van der Waals surface area contributed by atoms with Gasteiger partial charge < -0.3 is 14.7 Å². The van der Waals surface area contributed by atoms with E-state index in [0.717, 1.165) is 31.8 Å². The van der Waals surface area contributed by atoms with E-state index >= 15 is 0 Å². The highest BCUT2D eigenvalue weighted by Gasteiger charge is 2.20. The maximum atomic E-state index is 10.9. The van der Waals surface area contributed by atoms with E-state index in [0.29, 0.717) is 11.6 Å². The maximum absolute atomic E-state index is 10.9. The predicted octanol–water partition coefficient (Wildman–Crippen LogP) is 2.72. The van der Waals surface area contributed by atoms with Crippen LogP contribution in [0.4, 0.5) is 5.69 Å². The Balaban J connectivity index is 1.87. The molecule has 0 spiro atoms. The fraction of sp³-hybridized carbons (Fsp3) is 0.600. The van der Waals surface area contributed by atoms with Crippen LogP contribution in [0.3, 0.4) is 0 Å². The van der Waals surface area contributed by atoms with E-state index in [1.165, 1.54) is 18.2 Å². The molecule has 2 rings (SSSR count). The van der Waals surface area contributed by atoms with Crippen molar-refractivity contribution in [3.05, 3.63) is 33.3 Å². The van der Waals surface area contributed by atoms with Crippen molar-refractivity contribution < 1.29 is 14.8 Å². The number of rotatable bonds is 6. The van der Waals surface area contributed by atoms with Gasteiger partial charge in [-0.15, -0.1) is 0 Å². The van der Waals surface area contributed by atoms with Crippen molar-refractivity contribution in [2.45, 2.75) is 25.9 Å². The molecule has 0 radical (unpaired) electrons. The summed E-state index contributed by atoms with van der Waals surface area (Å²) in [5, 5.41) is 21.4. The fourth-order valence-electron chi connectivity index (χ4n) is 2.54. The number of hydrogen-bond donors (Lipinski definition) is 1. The lowest BCUT2D eigenvalue weighted by molar-refractivity contribution is -0.385. The average molecular weight is 329 g/mol. The van der Waals surface area contributed by atoms with Gasteiger partial charge in [0.25, 0.3) is 0 Å². The number of hydrogen-bond acceptors (Lipinski definition) is 5. The molecular formula is C15H21ClN2O4. The summed E-state index contributed by atoms with van der Waals surface area (Å²) in [6.45, 7) is 4.69. The van der Waals surface area contributed by atoms with Crippen LogP contribution in [-0.2, 0) is 0 Å². The Morgan fingerprint density at radius 1 is 1.50 bits per heavy atom. The van der Waals surface area contributed by atoms with Crippen molar-refractivity contribution >= 4 is 17.3 Å². The number of likely N-dealkylation sites (tertiary alicyclic amines) is 1. The van der Waals surface area contributed by atoms with E-state index in [4.69, 9.17) is 16.3 Å². The van der Waals surface area contributed by atoms with Crippen LogP contribution in [0.1, 0.15) is 19.8 Å². The first-order valence-electron chi connectivity index (χ1n) is 7.43. The number of halogens is 1. The standard InChI is InChI=1S/C15H21ClN2O4/c1-11-4-6-17(7-5-11)9-13(19)10-22-15-8-12(16)2-3-14(15)18(20)21/h2-3,8,11,13,19H,4-7,9-10H2,1H3. The predicted molar refractivity (Wildman–Crippen MR) is 84.4 cm³/mol. The Morgan fingerprint density at radius 2 is 2.18 bits per heavy atom. The molecule has 1 aliphatic heterocycles. The minimum Gasteiger partial charge on any atom is -0.484 e. The fourth-order valence-corrected chi connectivity index (χ4v) is 2.70. The van der Waals surface area contributed by atoms with Crippen LogP contribution in [0.5, 0.6) is 5.75 Å². The van der Waals surface area contributed by atoms with Gasteiger partial charge in [0, 0.05) is 23.7 Å². The molecule has 1 atom stereocenters. The maximum Gasteiger partial charge on any atom is 0.311 e. The minimum atomic E-state index is -0.688. The smallest absolute Gasteiger partial charge is 0.311 e. The monoisotopic (exact) mass is 328 g/mol. The third-order valence-corrected chi connectivity index (χ3v) is 4.13. The summed E-state index contributed by atoms with van der Waals surface area (Å²) in [5.41, 5.74) is -0.150. The van der Waals surface area contributed by atoms with Crippen LogP contribution in [0, 0.1) is 16.0 Å². The quantitative estimate of drug-likeness (QED) is 0.642. The summed E-state index contributed by atoms with van der Waals surface area (Å²) < 4.78 is 5.40. The first-order valence-corrected chi connectivity index (χ1v) is 7.80. The Kier molecular flexibility index (Phi) is 5.99. The van der Waals surface area contributed by atoms with Crippen molar-refractivity contribution in [1.29, 1.82) is 0 Å². The van der Waals surface area contributed by atoms with Gasteiger partial charge in [0.2, 0.25) is 0 Å². The zero-order chi connectivity index (χ0) is 16.1. The van der Waals surface area contributed by atoms with Gasteiger partial charge in [-0.05, 0) is 37.9 Å². The number of nitrogens with zero attached hydrogens (tertiary/aromatic N) is 2. The Morgan fingerprint density at radius 3 is 2.82 bits per heavy atom. The topological polar surface area (TPSA) is 75.8 Å². The zero-order valence-electron chi connectivity index (χ0n) is 12.6. The largest absolute Gasteiger partial charge is 0.484 e. The average Bonchev–Trinajstić information content (AvgIpc) is 2.47. The van der Waals surface area contributed by atoms with Gasteiger partial charge in [0.15, 0.2) is 5.75 Å². The second kappa shape index (κ2) is 7.76. The molecule has 7 heteroatoms. The highest BCUT2D eigenvalue weighted by atomic mass is 35.5. The molecule has 1 aromatic carbocycles. The van der Waals surface area contributed by atoms with Crippen molar-refractivity contribution in [3.8, 4) is 5.75 Å². The van der Waals surface area contributed by atoms with E-state index in [1.807, 2.05) is 0 Å². The molecule has 122 valence electrons. The number of aliphatic hydroxyl groups is 1. The summed E-state index contributed by atoms with van der Waals surface area (Å²) in [5.74, 6) is 0.822. The highest BCUT2D eigenvalue weighted by Crippen LogP contribution is 2.30. The summed E-state index contributed by atoms with van der Waals surface area (Å²) in [6, 6.07) is 4.14. The molecule has 1 saturated heterocycles. The third-order valence-electron chi connectivity index (χ3n) is 3.89. The molecule has 1 N–H and O–H groups in total.